The summed E-state index contributed by atoms with van der Waals surface area (Å²) in [4.78, 5) is 23.7. The summed E-state index contributed by atoms with van der Waals surface area (Å²) < 4.78 is 11.3. The molecule has 0 unspecified atom stereocenters. The number of nitrogens with one attached hydrogen (secondary N) is 1. The van der Waals surface area contributed by atoms with Gasteiger partial charge in [-0.15, -0.1) is 0 Å². The van der Waals surface area contributed by atoms with E-state index >= 15 is 0 Å². The molecule has 2 aromatic rings. The van der Waals surface area contributed by atoms with Crippen molar-refractivity contribution in [3.05, 3.63) is 53.6 Å². The molecule has 2 aromatic carbocycles. The summed E-state index contributed by atoms with van der Waals surface area (Å²) in [5.74, 6) is 0.800. The van der Waals surface area contributed by atoms with E-state index in [9.17, 15) is 9.59 Å². The Hall–Kier alpha value is -3.06. The zero-order chi connectivity index (χ0) is 21.4. The second kappa shape index (κ2) is 10.5. The molecule has 5 N–H and O–H groups in total. The zero-order valence-corrected chi connectivity index (χ0v) is 17.4. The van der Waals surface area contributed by atoms with Gasteiger partial charge in [0.1, 0.15) is 6.04 Å². The first-order valence-electron chi connectivity index (χ1n) is 9.80. The van der Waals surface area contributed by atoms with Crippen molar-refractivity contribution in [1.82, 2.24) is 0 Å². The number of rotatable bonds is 10. The van der Waals surface area contributed by atoms with Gasteiger partial charge < -0.3 is 25.8 Å². The number of quaternary nitrogens is 1. The third-order valence-corrected chi connectivity index (χ3v) is 4.52. The minimum absolute atomic E-state index is 0.0443. The Morgan fingerprint density at radius 1 is 1.00 bits per heavy atom. The van der Waals surface area contributed by atoms with Gasteiger partial charge in [-0.05, 0) is 70.2 Å². The predicted octanol–water partition coefficient (Wildman–Crippen LogP) is 2.23. The lowest BCUT2D eigenvalue weighted by atomic mass is 10.1. The number of carbonyl (C=O) groups excluding carboxylic acids is 2. The molecule has 0 aliphatic carbocycles. The Labute approximate surface area is 171 Å². The fourth-order valence-corrected chi connectivity index (χ4v) is 2.96. The highest BCUT2D eigenvalue weighted by Gasteiger charge is 2.21. The van der Waals surface area contributed by atoms with Crippen LogP contribution in [0.5, 0.6) is 11.5 Å². The number of hydrogen-bond acceptors (Lipinski definition) is 4. The van der Waals surface area contributed by atoms with E-state index in [2.05, 4.69) is 5.32 Å². The van der Waals surface area contributed by atoms with E-state index in [0.717, 1.165) is 11.3 Å². The highest BCUT2D eigenvalue weighted by Crippen LogP contribution is 2.30. The van der Waals surface area contributed by atoms with E-state index in [-0.39, 0.29) is 18.0 Å². The van der Waals surface area contributed by atoms with Gasteiger partial charge in [0.2, 0.25) is 5.91 Å². The Morgan fingerprint density at radius 2 is 1.62 bits per heavy atom. The SMILES string of the molecule is CCOc1ccc([C@@H](C)[NH2+][C@H](C)C(=O)Nc2ccc(C(N)=O)cc2)cc1OCC. The largest absolute Gasteiger partial charge is 0.490 e. The van der Waals surface area contributed by atoms with Crippen LogP contribution in [0.2, 0.25) is 0 Å². The average Bonchev–Trinajstić information content (AvgIpc) is 2.69. The Morgan fingerprint density at radius 3 is 2.21 bits per heavy atom. The molecule has 0 radical (unpaired) electrons. The van der Waals surface area contributed by atoms with Gasteiger partial charge in [-0.1, -0.05) is 0 Å². The standard InChI is InChI=1S/C22H29N3O4/c1-5-28-19-12-9-17(13-20(19)29-6-2)14(3)24-15(4)22(27)25-18-10-7-16(8-11-18)21(23)26/h7-15,24H,5-6H2,1-4H3,(H2,23,26)(H,25,27)/p+1/t14-,15-/m1/s1. The number of primary amides is 1. The molecule has 0 spiro atoms. The predicted molar refractivity (Wildman–Crippen MR) is 112 cm³/mol. The molecule has 156 valence electrons. The molecule has 7 heteroatoms. The van der Waals surface area contributed by atoms with Gasteiger partial charge >= 0.3 is 0 Å². The maximum atomic E-state index is 12.5. The van der Waals surface area contributed by atoms with Crippen molar-refractivity contribution in [3.8, 4) is 11.5 Å². The molecule has 2 rings (SSSR count). The lowest BCUT2D eigenvalue weighted by Crippen LogP contribution is -2.91. The summed E-state index contributed by atoms with van der Waals surface area (Å²) in [6.07, 6.45) is 0. The summed E-state index contributed by atoms with van der Waals surface area (Å²) in [5.41, 5.74) is 7.29. The molecule has 2 amide bonds. The number of amides is 2. The molecule has 2 atom stereocenters. The molecule has 0 heterocycles. The maximum Gasteiger partial charge on any atom is 0.282 e. The number of benzene rings is 2. The fourth-order valence-electron chi connectivity index (χ4n) is 2.96. The van der Waals surface area contributed by atoms with Crippen molar-refractivity contribution in [2.75, 3.05) is 18.5 Å². The van der Waals surface area contributed by atoms with Gasteiger partial charge in [0.15, 0.2) is 17.5 Å². The van der Waals surface area contributed by atoms with E-state index in [4.69, 9.17) is 15.2 Å². The molecular formula is C22H30N3O4+. The van der Waals surface area contributed by atoms with Gasteiger partial charge in [-0.2, -0.15) is 0 Å². The first kappa shape index (κ1) is 22.2. The molecular weight excluding hydrogens is 370 g/mol. The summed E-state index contributed by atoms with van der Waals surface area (Å²) >= 11 is 0. The minimum Gasteiger partial charge on any atom is -0.490 e. The van der Waals surface area contributed by atoms with Gasteiger partial charge in [0, 0.05) is 16.8 Å². The molecule has 0 bridgehead atoms. The fraction of sp³-hybridized carbons (Fsp3) is 0.364. The van der Waals surface area contributed by atoms with Crippen LogP contribution in [-0.4, -0.2) is 31.1 Å². The molecule has 0 saturated carbocycles. The van der Waals surface area contributed by atoms with E-state index in [0.29, 0.717) is 30.2 Å². The first-order chi connectivity index (χ1) is 13.8. The second-order valence-electron chi connectivity index (χ2n) is 6.77. The smallest absolute Gasteiger partial charge is 0.282 e. The second-order valence-corrected chi connectivity index (χ2v) is 6.77. The summed E-state index contributed by atoms with van der Waals surface area (Å²) in [5, 5.41) is 4.84. The van der Waals surface area contributed by atoms with Crippen LogP contribution in [-0.2, 0) is 4.79 Å². The normalized spacial score (nSPS) is 12.7. The first-order valence-corrected chi connectivity index (χ1v) is 9.80. The van der Waals surface area contributed by atoms with Crippen molar-refractivity contribution in [2.45, 2.75) is 39.8 Å². The molecule has 0 aromatic heterocycles. The van der Waals surface area contributed by atoms with Gasteiger partial charge in [0.25, 0.3) is 5.91 Å². The third-order valence-electron chi connectivity index (χ3n) is 4.52. The van der Waals surface area contributed by atoms with Crippen LogP contribution in [0.3, 0.4) is 0 Å². The summed E-state index contributed by atoms with van der Waals surface area (Å²) in [6, 6.07) is 12.1. The average molecular weight is 400 g/mol. The van der Waals surface area contributed by atoms with Crippen LogP contribution >= 0.6 is 0 Å². The molecule has 0 saturated heterocycles. The third kappa shape index (κ3) is 6.22. The van der Waals surface area contributed by atoms with Crippen LogP contribution in [0.1, 0.15) is 49.7 Å². The van der Waals surface area contributed by atoms with Crippen molar-refractivity contribution in [1.29, 1.82) is 0 Å². The highest BCUT2D eigenvalue weighted by atomic mass is 16.5. The van der Waals surface area contributed by atoms with Gasteiger partial charge in [0.05, 0.1) is 13.2 Å². The van der Waals surface area contributed by atoms with Crippen LogP contribution in [0, 0.1) is 0 Å². The van der Waals surface area contributed by atoms with E-state index in [1.54, 1.807) is 24.3 Å². The lowest BCUT2D eigenvalue weighted by molar-refractivity contribution is -0.709. The van der Waals surface area contributed by atoms with E-state index in [1.165, 1.54) is 0 Å². The Kier molecular flexibility index (Phi) is 8.03. The van der Waals surface area contributed by atoms with Crippen molar-refractivity contribution in [3.63, 3.8) is 0 Å². The van der Waals surface area contributed by atoms with Crippen molar-refractivity contribution < 1.29 is 24.4 Å². The molecule has 0 fully saturated rings. The lowest BCUT2D eigenvalue weighted by Gasteiger charge is -2.18. The van der Waals surface area contributed by atoms with Crippen LogP contribution in [0.15, 0.2) is 42.5 Å². The number of carbonyl (C=O) groups is 2. The number of nitrogens with two attached hydrogens (primary N) is 2. The molecule has 29 heavy (non-hydrogen) atoms. The quantitative estimate of drug-likeness (QED) is 0.568. The Bertz CT molecular complexity index is 836. The van der Waals surface area contributed by atoms with Crippen molar-refractivity contribution in [2.24, 2.45) is 5.73 Å². The van der Waals surface area contributed by atoms with Gasteiger partial charge in [-0.25, -0.2) is 0 Å². The monoisotopic (exact) mass is 400 g/mol. The van der Waals surface area contributed by atoms with E-state index in [1.807, 2.05) is 51.2 Å². The minimum atomic E-state index is -0.500. The van der Waals surface area contributed by atoms with Crippen molar-refractivity contribution >= 4 is 17.5 Å². The maximum absolute atomic E-state index is 12.5. The zero-order valence-electron chi connectivity index (χ0n) is 17.4. The van der Waals surface area contributed by atoms with Crippen LogP contribution in [0.25, 0.3) is 0 Å². The highest BCUT2D eigenvalue weighted by molar-refractivity contribution is 5.95. The number of anilines is 1. The molecule has 0 aliphatic heterocycles. The summed E-state index contributed by atoms with van der Waals surface area (Å²) in [7, 11) is 0. The Balaban J connectivity index is 2.01. The number of ether oxygens (including phenoxy) is 2. The van der Waals surface area contributed by atoms with Crippen LogP contribution in [0.4, 0.5) is 5.69 Å². The topological polar surface area (TPSA) is 107 Å². The molecule has 7 nitrogen and oxygen atoms in total. The number of hydrogen-bond donors (Lipinski definition) is 3. The van der Waals surface area contributed by atoms with Crippen LogP contribution < -0.4 is 25.8 Å². The van der Waals surface area contributed by atoms with E-state index < -0.39 is 5.91 Å². The van der Waals surface area contributed by atoms with Gasteiger partial charge in [-0.3, -0.25) is 9.59 Å². The summed E-state index contributed by atoms with van der Waals surface area (Å²) in [6.45, 7) is 8.87. The molecule has 0 aliphatic rings.